The van der Waals surface area contributed by atoms with Gasteiger partial charge >= 0.3 is 0 Å². The predicted octanol–water partition coefficient (Wildman–Crippen LogP) is 0.517. The maximum absolute atomic E-state index is 12.4. The summed E-state index contributed by atoms with van der Waals surface area (Å²) in [7, 11) is 1.40. The van der Waals surface area contributed by atoms with Crippen LogP contribution in [-0.4, -0.2) is 37.0 Å². The van der Waals surface area contributed by atoms with Crippen LogP contribution in [0.4, 0.5) is 5.69 Å². The largest absolute Gasteiger partial charge is 0.480 e. The minimum atomic E-state index is -0.652. The molecule has 1 aliphatic rings. The molecule has 2 amide bonds. The van der Waals surface area contributed by atoms with Gasteiger partial charge in [0.25, 0.3) is 5.91 Å². The van der Waals surface area contributed by atoms with Gasteiger partial charge in [0.1, 0.15) is 5.56 Å². The van der Waals surface area contributed by atoms with E-state index in [2.05, 4.69) is 15.6 Å². The number of piperidine rings is 1. The van der Waals surface area contributed by atoms with E-state index in [9.17, 15) is 9.59 Å². The van der Waals surface area contributed by atoms with Crippen molar-refractivity contribution in [3.8, 4) is 5.88 Å². The summed E-state index contributed by atoms with van der Waals surface area (Å²) in [4.78, 5) is 27.7. The van der Waals surface area contributed by atoms with E-state index in [1.54, 1.807) is 0 Å². The third-order valence-electron chi connectivity index (χ3n) is 3.71. The summed E-state index contributed by atoms with van der Waals surface area (Å²) in [5, 5.41) is 6.01. The van der Waals surface area contributed by atoms with Crippen LogP contribution in [-0.2, 0) is 4.79 Å². The third kappa shape index (κ3) is 3.30. The average molecular weight is 292 g/mol. The lowest BCUT2D eigenvalue weighted by Crippen LogP contribution is -2.46. The number of pyridine rings is 1. The molecule has 4 N–H and O–H groups in total. The fourth-order valence-electron chi connectivity index (χ4n) is 2.39. The molecule has 1 aromatic heterocycles. The van der Waals surface area contributed by atoms with Crippen LogP contribution >= 0.6 is 0 Å². The molecule has 0 bridgehead atoms. The average Bonchev–Trinajstić information content (AvgIpc) is 2.47. The number of ether oxygens (including phenoxy) is 1. The zero-order valence-corrected chi connectivity index (χ0v) is 12.2. The number of carbonyl (C=O) groups is 2. The molecule has 0 aliphatic carbocycles. The number of nitrogens with two attached hydrogens (primary N) is 1. The van der Waals surface area contributed by atoms with E-state index in [1.807, 2.05) is 6.92 Å². The molecule has 0 radical (unpaired) electrons. The zero-order chi connectivity index (χ0) is 15.5. The van der Waals surface area contributed by atoms with Crippen LogP contribution in [0.5, 0.6) is 5.88 Å². The lowest BCUT2D eigenvalue weighted by molar-refractivity contribution is -0.125. The molecule has 1 unspecified atom stereocenters. The van der Waals surface area contributed by atoms with Gasteiger partial charge in [-0.25, -0.2) is 4.98 Å². The molecule has 1 saturated heterocycles. The van der Waals surface area contributed by atoms with Crippen LogP contribution in [0.3, 0.4) is 0 Å². The highest BCUT2D eigenvalue weighted by Crippen LogP contribution is 2.28. The second-order valence-corrected chi connectivity index (χ2v) is 5.44. The van der Waals surface area contributed by atoms with Crippen LogP contribution in [0.25, 0.3) is 0 Å². The summed E-state index contributed by atoms with van der Waals surface area (Å²) in [5.74, 6) is -0.607. The minimum Gasteiger partial charge on any atom is -0.480 e. The Morgan fingerprint density at radius 3 is 2.86 bits per heavy atom. The van der Waals surface area contributed by atoms with Crippen molar-refractivity contribution in [3.05, 3.63) is 17.8 Å². The minimum absolute atomic E-state index is 0.0999. The summed E-state index contributed by atoms with van der Waals surface area (Å²) >= 11 is 0. The summed E-state index contributed by atoms with van der Waals surface area (Å²) in [6.07, 6.45) is 3.22. The van der Waals surface area contributed by atoms with Crippen molar-refractivity contribution in [3.63, 3.8) is 0 Å². The van der Waals surface area contributed by atoms with Crippen LogP contribution in [0.15, 0.2) is 12.3 Å². The summed E-state index contributed by atoms with van der Waals surface area (Å²) in [6, 6.07) is 1.48. The number of hydrogen-bond acceptors (Lipinski definition) is 5. The maximum Gasteiger partial charge on any atom is 0.254 e. The van der Waals surface area contributed by atoms with E-state index in [4.69, 9.17) is 10.5 Å². The van der Waals surface area contributed by atoms with Crippen molar-refractivity contribution in [1.82, 2.24) is 10.3 Å². The Morgan fingerprint density at radius 2 is 2.29 bits per heavy atom. The van der Waals surface area contributed by atoms with Crippen molar-refractivity contribution >= 4 is 17.5 Å². The molecule has 21 heavy (non-hydrogen) atoms. The fourth-order valence-corrected chi connectivity index (χ4v) is 2.39. The highest BCUT2D eigenvalue weighted by atomic mass is 16.5. The highest BCUT2D eigenvalue weighted by Gasteiger charge is 2.34. The van der Waals surface area contributed by atoms with Gasteiger partial charge in [-0.3, -0.25) is 9.59 Å². The van der Waals surface area contributed by atoms with Crippen molar-refractivity contribution in [2.45, 2.75) is 19.8 Å². The maximum atomic E-state index is 12.4. The number of nitrogens with one attached hydrogen (secondary N) is 2. The van der Waals surface area contributed by atoms with Gasteiger partial charge in [0.05, 0.1) is 24.4 Å². The first kappa shape index (κ1) is 15.2. The standard InChI is InChI=1S/C14H20N4O3/c1-14(4-3-5-16-8-14)13(20)18-9-6-10(11(15)19)12(21-2)17-7-9/h6-7,16H,3-5,8H2,1-2H3,(H2,15,19)(H,18,20). The topological polar surface area (TPSA) is 106 Å². The SMILES string of the molecule is COc1ncc(NC(=O)C2(C)CCCNC2)cc1C(N)=O. The van der Waals surface area contributed by atoms with Crippen LogP contribution in [0, 0.1) is 5.41 Å². The lowest BCUT2D eigenvalue weighted by Gasteiger charge is -2.32. The van der Waals surface area contributed by atoms with E-state index in [0.29, 0.717) is 12.2 Å². The van der Waals surface area contributed by atoms with E-state index >= 15 is 0 Å². The molecule has 1 atom stereocenters. The van der Waals surface area contributed by atoms with E-state index < -0.39 is 11.3 Å². The number of amides is 2. The zero-order valence-electron chi connectivity index (χ0n) is 12.2. The quantitative estimate of drug-likeness (QED) is 0.750. The Kier molecular flexibility index (Phi) is 4.42. The van der Waals surface area contributed by atoms with Gasteiger partial charge in [0.15, 0.2) is 0 Å². The first-order valence-corrected chi connectivity index (χ1v) is 6.82. The molecule has 114 valence electrons. The number of hydrogen-bond donors (Lipinski definition) is 3. The van der Waals surface area contributed by atoms with Gasteiger partial charge in [-0.05, 0) is 32.4 Å². The molecule has 1 aliphatic heterocycles. The molecule has 0 spiro atoms. The van der Waals surface area contributed by atoms with Crippen LogP contribution in [0.2, 0.25) is 0 Å². The van der Waals surface area contributed by atoms with Crippen molar-refractivity contribution in [2.24, 2.45) is 11.1 Å². The first-order chi connectivity index (χ1) is 9.96. The highest BCUT2D eigenvalue weighted by molar-refractivity contribution is 5.99. The van der Waals surface area contributed by atoms with Crippen molar-refractivity contribution in [2.75, 3.05) is 25.5 Å². The monoisotopic (exact) mass is 292 g/mol. The summed E-state index contributed by atoms with van der Waals surface area (Å²) < 4.78 is 4.97. The molecular formula is C14H20N4O3. The third-order valence-corrected chi connectivity index (χ3v) is 3.71. The van der Waals surface area contributed by atoms with Gasteiger partial charge in [-0.15, -0.1) is 0 Å². The molecule has 1 fully saturated rings. The van der Waals surface area contributed by atoms with Crippen LogP contribution < -0.4 is 21.1 Å². The molecule has 7 heteroatoms. The van der Waals surface area contributed by atoms with Gasteiger partial charge in [-0.2, -0.15) is 0 Å². The number of methoxy groups -OCH3 is 1. The van der Waals surface area contributed by atoms with E-state index in [-0.39, 0.29) is 17.4 Å². The number of carbonyl (C=O) groups excluding carboxylic acids is 2. The molecular weight excluding hydrogens is 272 g/mol. The Hall–Kier alpha value is -2.15. The number of aromatic nitrogens is 1. The Labute approximate surface area is 123 Å². The number of rotatable bonds is 4. The van der Waals surface area contributed by atoms with Crippen molar-refractivity contribution in [1.29, 1.82) is 0 Å². The van der Waals surface area contributed by atoms with Crippen LogP contribution in [0.1, 0.15) is 30.1 Å². The summed E-state index contributed by atoms with van der Waals surface area (Å²) in [5.41, 5.74) is 5.38. The Morgan fingerprint density at radius 1 is 1.52 bits per heavy atom. The molecule has 1 aromatic rings. The molecule has 0 aromatic carbocycles. The van der Waals surface area contributed by atoms with Gasteiger partial charge in [0.2, 0.25) is 11.8 Å². The fraction of sp³-hybridized carbons (Fsp3) is 0.500. The summed E-state index contributed by atoms with van der Waals surface area (Å²) in [6.45, 7) is 3.48. The lowest BCUT2D eigenvalue weighted by atomic mass is 9.82. The number of anilines is 1. The molecule has 0 saturated carbocycles. The predicted molar refractivity (Wildman–Crippen MR) is 78.1 cm³/mol. The molecule has 7 nitrogen and oxygen atoms in total. The Bertz CT molecular complexity index is 553. The van der Waals surface area contributed by atoms with Gasteiger partial charge in [-0.1, -0.05) is 0 Å². The molecule has 2 heterocycles. The van der Waals surface area contributed by atoms with E-state index in [1.165, 1.54) is 19.4 Å². The second kappa shape index (κ2) is 6.09. The van der Waals surface area contributed by atoms with E-state index in [0.717, 1.165) is 19.4 Å². The van der Waals surface area contributed by atoms with Gasteiger partial charge < -0.3 is 21.1 Å². The van der Waals surface area contributed by atoms with Crippen molar-refractivity contribution < 1.29 is 14.3 Å². The number of nitrogens with zero attached hydrogens (tertiary/aromatic N) is 1. The second-order valence-electron chi connectivity index (χ2n) is 5.44. The smallest absolute Gasteiger partial charge is 0.254 e. The Balaban J connectivity index is 2.17. The van der Waals surface area contributed by atoms with Gasteiger partial charge in [0, 0.05) is 6.54 Å². The number of primary amides is 1. The molecule has 2 rings (SSSR count). The normalized spacial score (nSPS) is 21.6. The first-order valence-electron chi connectivity index (χ1n) is 6.82.